The number of carboxylic acid groups (broad SMARTS) is 1. The first kappa shape index (κ1) is 20.4. The molecule has 1 heterocycles. The Kier molecular flexibility index (Phi) is 6.14. The summed E-state index contributed by atoms with van der Waals surface area (Å²) in [5, 5.41) is 12.9. The number of amidine groups is 1. The number of methoxy groups -OCH3 is 1. The van der Waals surface area contributed by atoms with E-state index in [1.54, 1.807) is 25.3 Å². The molecule has 3 N–H and O–H groups in total. The Balaban J connectivity index is 1.67. The van der Waals surface area contributed by atoms with E-state index in [4.69, 9.17) is 9.57 Å². The van der Waals surface area contributed by atoms with E-state index in [9.17, 15) is 9.90 Å². The zero-order valence-corrected chi connectivity index (χ0v) is 17.0. The molecule has 0 bridgehead atoms. The van der Waals surface area contributed by atoms with Crippen molar-refractivity contribution in [2.24, 2.45) is 10.9 Å². The minimum absolute atomic E-state index is 0.136. The number of ether oxygens (including phenoxy) is 1. The molecule has 1 fully saturated rings. The number of hydrogen-bond donors (Lipinski definition) is 3. The van der Waals surface area contributed by atoms with E-state index >= 15 is 0 Å². The molecule has 0 saturated carbocycles. The van der Waals surface area contributed by atoms with Crippen molar-refractivity contribution in [1.82, 2.24) is 5.48 Å². The van der Waals surface area contributed by atoms with Crippen molar-refractivity contribution in [3.05, 3.63) is 90.0 Å². The topological polar surface area (TPSA) is 92.2 Å². The first-order chi connectivity index (χ1) is 15.2. The molecule has 1 aliphatic rings. The van der Waals surface area contributed by atoms with Gasteiger partial charge in [0.15, 0.2) is 0 Å². The van der Waals surface area contributed by atoms with Crippen molar-refractivity contribution in [3.8, 4) is 5.75 Å². The lowest BCUT2D eigenvalue weighted by Crippen LogP contribution is -2.27. The summed E-state index contributed by atoms with van der Waals surface area (Å²) in [5.74, 6) is 0.0848. The van der Waals surface area contributed by atoms with E-state index in [-0.39, 0.29) is 17.6 Å². The van der Waals surface area contributed by atoms with Crippen LogP contribution < -0.4 is 15.5 Å². The molecule has 4 rings (SSSR count). The molecule has 0 aromatic heterocycles. The summed E-state index contributed by atoms with van der Waals surface area (Å²) in [4.78, 5) is 22.1. The Morgan fingerprint density at radius 2 is 1.77 bits per heavy atom. The number of carbonyl (C=O) groups is 1. The molecule has 31 heavy (non-hydrogen) atoms. The minimum Gasteiger partial charge on any atom is -0.495 e. The van der Waals surface area contributed by atoms with E-state index in [0.29, 0.717) is 18.1 Å². The van der Waals surface area contributed by atoms with Gasteiger partial charge in [0.2, 0.25) is 0 Å². The fraction of sp³-hybridized carbons (Fsp3) is 0.167. The quantitative estimate of drug-likeness (QED) is 0.527. The molecule has 0 amide bonds. The van der Waals surface area contributed by atoms with Crippen molar-refractivity contribution in [2.75, 3.05) is 19.0 Å². The predicted octanol–water partition coefficient (Wildman–Crippen LogP) is 4.43. The highest BCUT2D eigenvalue weighted by Gasteiger charge is 2.36. The maximum Gasteiger partial charge on any atom is 0.337 e. The molecule has 2 unspecified atom stereocenters. The van der Waals surface area contributed by atoms with Gasteiger partial charge in [0.25, 0.3) is 0 Å². The van der Waals surface area contributed by atoms with Crippen LogP contribution in [-0.2, 0) is 4.84 Å². The Hall–Kier alpha value is -3.84. The predicted molar refractivity (Wildman–Crippen MR) is 119 cm³/mol. The summed E-state index contributed by atoms with van der Waals surface area (Å²) in [6, 6.07) is 24.2. The van der Waals surface area contributed by atoms with E-state index < -0.39 is 5.97 Å². The Bertz CT molecular complexity index is 1080. The number of anilines is 1. The third-order valence-electron chi connectivity index (χ3n) is 5.13. The fourth-order valence-electron chi connectivity index (χ4n) is 3.57. The number of hydroxylamine groups is 1. The van der Waals surface area contributed by atoms with Crippen LogP contribution in [0.3, 0.4) is 0 Å². The summed E-state index contributed by atoms with van der Waals surface area (Å²) < 4.78 is 5.43. The third kappa shape index (κ3) is 4.51. The Labute approximate surface area is 180 Å². The number of carboxylic acids is 1. The number of hydrogen-bond acceptors (Lipinski definition) is 5. The molecule has 158 valence electrons. The van der Waals surface area contributed by atoms with Crippen LogP contribution in [0, 0.1) is 5.92 Å². The summed E-state index contributed by atoms with van der Waals surface area (Å²) in [5.41, 5.74) is 5.28. The van der Waals surface area contributed by atoms with Gasteiger partial charge in [0, 0.05) is 6.54 Å². The van der Waals surface area contributed by atoms with Crippen molar-refractivity contribution < 1.29 is 19.5 Å². The minimum atomic E-state index is -1.03. The van der Waals surface area contributed by atoms with Crippen LogP contribution in [0.25, 0.3) is 0 Å². The van der Waals surface area contributed by atoms with Crippen LogP contribution in [0.5, 0.6) is 5.75 Å². The van der Waals surface area contributed by atoms with Gasteiger partial charge in [-0.05, 0) is 29.8 Å². The van der Waals surface area contributed by atoms with Gasteiger partial charge in [0.1, 0.15) is 17.7 Å². The standard InChI is InChI=1S/C24H23N3O4/c1-30-21-14-8-7-13-20(21)25-15-18-22(16-9-3-2-4-10-16)31-27-23(18)26-19-12-6-5-11-17(19)24(28)29/h2-14,18,22,25H,15H2,1H3,(H,26,27)(H,28,29). The molecular formula is C24H23N3O4. The maximum absolute atomic E-state index is 11.6. The molecular weight excluding hydrogens is 394 g/mol. The second-order valence-corrected chi connectivity index (χ2v) is 7.06. The van der Waals surface area contributed by atoms with Crippen molar-refractivity contribution in [1.29, 1.82) is 0 Å². The van der Waals surface area contributed by atoms with Crippen LogP contribution in [0.2, 0.25) is 0 Å². The van der Waals surface area contributed by atoms with Gasteiger partial charge >= 0.3 is 5.97 Å². The van der Waals surface area contributed by atoms with E-state index in [1.807, 2.05) is 54.6 Å². The van der Waals surface area contributed by atoms with Crippen molar-refractivity contribution in [3.63, 3.8) is 0 Å². The smallest absolute Gasteiger partial charge is 0.337 e. The fourth-order valence-corrected chi connectivity index (χ4v) is 3.57. The van der Waals surface area contributed by atoms with Gasteiger partial charge in [-0.15, -0.1) is 0 Å². The second-order valence-electron chi connectivity index (χ2n) is 7.06. The summed E-state index contributed by atoms with van der Waals surface area (Å²) >= 11 is 0. The van der Waals surface area contributed by atoms with Crippen LogP contribution >= 0.6 is 0 Å². The van der Waals surface area contributed by atoms with E-state index in [0.717, 1.165) is 17.0 Å². The Morgan fingerprint density at radius 3 is 2.55 bits per heavy atom. The number of rotatable bonds is 7. The van der Waals surface area contributed by atoms with Gasteiger partial charge < -0.3 is 15.2 Å². The number of benzene rings is 3. The highest BCUT2D eigenvalue weighted by atomic mass is 16.7. The molecule has 2 atom stereocenters. The molecule has 0 spiro atoms. The number of aliphatic imine (C=N–C) groups is 1. The average molecular weight is 417 g/mol. The molecule has 7 heteroatoms. The molecule has 3 aromatic rings. The highest BCUT2D eigenvalue weighted by molar-refractivity contribution is 5.96. The van der Waals surface area contributed by atoms with Crippen molar-refractivity contribution >= 4 is 23.2 Å². The molecule has 3 aromatic carbocycles. The summed E-state index contributed by atoms with van der Waals surface area (Å²) in [7, 11) is 1.63. The lowest BCUT2D eigenvalue weighted by Gasteiger charge is -2.19. The van der Waals surface area contributed by atoms with Gasteiger partial charge in [-0.25, -0.2) is 9.79 Å². The van der Waals surface area contributed by atoms with Gasteiger partial charge in [-0.1, -0.05) is 54.6 Å². The van der Waals surface area contributed by atoms with Crippen LogP contribution in [-0.4, -0.2) is 30.6 Å². The van der Waals surface area contributed by atoms with E-state index in [2.05, 4.69) is 15.8 Å². The third-order valence-corrected chi connectivity index (χ3v) is 5.13. The largest absolute Gasteiger partial charge is 0.495 e. The van der Waals surface area contributed by atoms with Crippen molar-refractivity contribution in [2.45, 2.75) is 6.10 Å². The second kappa shape index (κ2) is 9.32. The van der Waals surface area contributed by atoms with Crippen LogP contribution in [0.15, 0.2) is 83.9 Å². The first-order valence-electron chi connectivity index (χ1n) is 9.92. The first-order valence-corrected chi connectivity index (χ1v) is 9.92. The normalized spacial score (nSPS) is 19.1. The monoisotopic (exact) mass is 417 g/mol. The summed E-state index contributed by atoms with van der Waals surface area (Å²) in [6.07, 6.45) is -0.292. The molecule has 1 saturated heterocycles. The number of para-hydroxylation sites is 3. The lowest BCUT2D eigenvalue weighted by atomic mass is 9.95. The van der Waals surface area contributed by atoms with Gasteiger partial charge in [0.05, 0.1) is 30.0 Å². The maximum atomic E-state index is 11.6. The van der Waals surface area contributed by atoms with Crippen LogP contribution in [0.1, 0.15) is 22.0 Å². The number of aromatic carboxylic acids is 1. The average Bonchev–Trinajstić information content (AvgIpc) is 3.21. The lowest BCUT2D eigenvalue weighted by molar-refractivity contribution is 0.0296. The zero-order chi connectivity index (χ0) is 21.6. The number of nitrogens with one attached hydrogen (secondary N) is 2. The van der Waals surface area contributed by atoms with Crippen LogP contribution in [0.4, 0.5) is 11.4 Å². The SMILES string of the molecule is COc1ccccc1NCC1C(=Nc2ccccc2C(=O)O)NOC1c1ccccc1. The number of nitrogens with zero attached hydrogens (tertiary/aromatic N) is 1. The molecule has 7 nitrogen and oxygen atoms in total. The molecule has 1 aliphatic heterocycles. The molecule has 0 aliphatic carbocycles. The van der Waals surface area contributed by atoms with Gasteiger partial charge in [-0.3, -0.25) is 10.3 Å². The van der Waals surface area contributed by atoms with E-state index in [1.165, 1.54) is 6.07 Å². The highest BCUT2D eigenvalue weighted by Crippen LogP contribution is 2.33. The summed E-state index contributed by atoms with van der Waals surface area (Å²) in [6.45, 7) is 0.501. The molecule has 0 radical (unpaired) electrons. The van der Waals surface area contributed by atoms with Gasteiger partial charge in [-0.2, -0.15) is 0 Å². The Morgan fingerprint density at radius 1 is 1.06 bits per heavy atom. The zero-order valence-electron chi connectivity index (χ0n) is 17.0.